The van der Waals surface area contributed by atoms with Gasteiger partial charge in [-0.2, -0.15) is 0 Å². The number of carbonyl (C=O) groups is 1. The van der Waals surface area contributed by atoms with Crippen molar-refractivity contribution in [3.05, 3.63) is 59.4 Å². The second-order valence-electron chi connectivity index (χ2n) is 4.26. The summed E-state index contributed by atoms with van der Waals surface area (Å²) in [6, 6.07) is 10.9. The number of fused-ring (bicyclic) bond motifs is 1. The lowest BCUT2D eigenvalue weighted by molar-refractivity contribution is 0.0602. The molecule has 0 spiro atoms. The molecule has 2 aromatic heterocycles. The maximum absolute atomic E-state index is 11.7. The van der Waals surface area contributed by atoms with Crippen LogP contribution >= 0.6 is 11.6 Å². The molecule has 0 atom stereocenters. The summed E-state index contributed by atoms with van der Waals surface area (Å²) in [5, 5.41) is 0.671. The summed E-state index contributed by atoms with van der Waals surface area (Å²) >= 11 is 5.89. The molecule has 0 saturated carbocycles. The van der Waals surface area contributed by atoms with Gasteiger partial charge in [-0.25, -0.2) is 9.78 Å². The van der Waals surface area contributed by atoms with Crippen molar-refractivity contribution in [3.63, 3.8) is 0 Å². The summed E-state index contributed by atoms with van der Waals surface area (Å²) in [6.07, 6.45) is 3.52. The zero-order valence-corrected chi connectivity index (χ0v) is 11.5. The summed E-state index contributed by atoms with van der Waals surface area (Å²) in [5.74, 6) is 0.376. The van der Waals surface area contributed by atoms with Crippen molar-refractivity contribution in [1.29, 1.82) is 0 Å². The minimum atomic E-state index is -0.377. The number of halogens is 1. The molecule has 0 aliphatic carbocycles. The van der Waals surface area contributed by atoms with E-state index >= 15 is 0 Å². The molecule has 0 fully saturated rings. The zero-order chi connectivity index (χ0) is 14.1. The van der Waals surface area contributed by atoms with Crippen molar-refractivity contribution in [1.82, 2.24) is 9.38 Å². The number of carbonyl (C=O) groups excluding carboxylic acids is 1. The second kappa shape index (κ2) is 4.98. The third-order valence-corrected chi connectivity index (χ3v) is 3.33. The van der Waals surface area contributed by atoms with Gasteiger partial charge in [-0.3, -0.25) is 4.40 Å². The first-order valence-electron chi connectivity index (χ1n) is 6.01. The van der Waals surface area contributed by atoms with E-state index in [9.17, 15) is 4.79 Å². The van der Waals surface area contributed by atoms with Crippen LogP contribution in [0.15, 0.2) is 48.8 Å². The van der Waals surface area contributed by atoms with E-state index in [1.54, 1.807) is 18.3 Å². The first kappa shape index (κ1) is 12.7. The Labute approximate surface area is 120 Å². The van der Waals surface area contributed by atoms with Crippen molar-refractivity contribution in [2.24, 2.45) is 0 Å². The van der Waals surface area contributed by atoms with Gasteiger partial charge in [0.25, 0.3) is 0 Å². The van der Waals surface area contributed by atoms with Gasteiger partial charge in [0.15, 0.2) is 0 Å². The van der Waals surface area contributed by atoms with Gasteiger partial charge in [-0.15, -0.1) is 0 Å². The molecule has 3 aromatic rings. The molecule has 0 amide bonds. The highest BCUT2D eigenvalue weighted by atomic mass is 35.5. The van der Waals surface area contributed by atoms with E-state index in [2.05, 4.69) is 4.98 Å². The molecule has 1 aromatic carbocycles. The molecule has 5 heteroatoms. The standard InChI is InChI=1S/C15H11ClN2O2/c1-20-15(19)12-3-2-8-18-13(12)9-17-14(18)10-4-6-11(16)7-5-10/h2-9H,1H3. The summed E-state index contributed by atoms with van der Waals surface area (Å²) in [4.78, 5) is 16.1. The highest BCUT2D eigenvalue weighted by molar-refractivity contribution is 6.30. The lowest BCUT2D eigenvalue weighted by Gasteiger charge is -2.04. The minimum absolute atomic E-state index is 0.377. The van der Waals surface area contributed by atoms with Crippen LogP contribution in [-0.4, -0.2) is 22.5 Å². The molecule has 2 heterocycles. The highest BCUT2D eigenvalue weighted by Gasteiger charge is 2.14. The minimum Gasteiger partial charge on any atom is -0.465 e. The fourth-order valence-corrected chi connectivity index (χ4v) is 2.24. The summed E-state index contributed by atoms with van der Waals surface area (Å²) < 4.78 is 6.63. The van der Waals surface area contributed by atoms with Gasteiger partial charge in [-0.1, -0.05) is 11.6 Å². The van der Waals surface area contributed by atoms with Crippen LogP contribution in [0.25, 0.3) is 16.9 Å². The number of aromatic nitrogens is 2. The predicted octanol–water partition coefficient (Wildman–Crippen LogP) is 3.44. The third kappa shape index (κ3) is 2.04. The lowest BCUT2D eigenvalue weighted by Crippen LogP contribution is -2.03. The van der Waals surface area contributed by atoms with Crippen molar-refractivity contribution >= 4 is 23.1 Å². The van der Waals surface area contributed by atoms with Gasteiger partial charge < -0.3 is 4.74 Å². The van der Waals surface area contributed by atoms with E-state index in [4.69, 9.17) is 16.3 Å². The van der Waals surface area contributed by atoms with Crippen LogP contribution in [-0.2, 0) is 4.74 Å². The molecule has 0 unspecified atom stereocenters. The van der Waals surface area contributed by atoms with Crippen LogP contribution in [0.5, 0.6) is 0 Å². The summed E-state index contributed by atoms with van der Waals surface area (Å²) in [6.45, 7) is 0. The summed E-state index contributed by atoms with van der Waals surface area (Å²) in [5.41, 5.74) is 2.13. The quantitative estimate of drug-likeness (QED) is 0.678. The van der Waals surface area contributed by atoms with E-state index in [1.807, 2.05) is 34.9 Å². The number of ether oxygens (including phenoxy) is 1. The van der Waals surface area contributed by atoms with Crippen LogP contribution in [0.4, 0.5) is 0 Å². The molecule has 0 N–H and O–H groups in total. The molecule has 100 valence electrons. The van der Waals surface area contributed by atoms with Crippen molar-refractivity contribution in [2.45, 2.75) is 0 Å². The fraction of sp³-hybridized carbons (Fsp3) is 0.0667. The second-order valence-corrected chi connectivity index (χ2v) is 4.69. The van der Waals surface area contributed by atoms with E-state index in [0.717, 1.165) is 11.4 Å². The monoisotopic (exact) mass is 286 g/mol. The van der Waals surface area contributed by atoms with Crippen LogP contribution in [0.3, 0.4) is 0 Å². The number of rotatable bonds is 2. The number of benzene rings is 1. The number of nitrogens with zero attached hydrogens (tertiary/aromatic N) is 2. The number of methoxy groups -OCH3 is 1. The molecule has 20 heavy (non-hydrogen) atoms. The summed E-state index contributed by atoms with van der Waals surface area (Å²) in [7, 11) is 1.36. The predicted molar refractivity (Wildman–Crippen MR) is 77.0 cm³/mol. The van der Waals surface area contributed by atoms with Crippen LogP contribution in [0, 0.1) is 0 Å². The van der Waals surface area contributed by atoms with Crippen LogP contribution < -0.4 is 0 Å². The van der Waals surface area contributed by atoms with E-state index < -0.39 is 0 Å². The molecular weight excluding hydrogens is 276 g/mol. The number of hydrogen-bond acceptors (Lipinski definition) is 3. The van der Waals surface area contributed by atoms with E-state index in [-0.39, 0.29) is 5.97 Å². The van der Waals surface area contributed by atoms with Crippen molar-refractivity contribution in [3.8, 4) is 11.4 Å². The molecule has 0 bridgehead atoms. The average molecular weight is 287 g/mol. The highest BCUT2D eigenvalue weighted by Crippen LogP contribution is 2.23. The molecule has 0 aliphatic rings. The van der Waals surface area contributed by atoms with E-state index in [0.29, 0.717) is 16.1 Å². The van der Waals surface area contributed by atoms with Crippen LogP contribution in [0.1, 0.15) is 10.4 Å². The topological polar surface area (TPSA) is 43.6 Å². The Hall–Kier alpha value is -2.33. The van der Waals surface area contributed by atoms with Gasteiger partial charge in [0.2, 0.25) is 0 Å². The Kier molecular flexibility index (Phi) is 3.16. The van der Waals surface area contributed by atoms with Gasteiger partial charge in [0.1, 0.15) is 5.82 Å². The van der Waals surface area contributed by atoms with E-state index in [1.165, 1.54) is 7.11 Å². The van der Waals surface area contributed by atoms with Gasteiger partial charge in [-0.05, 0) is 36.4 Å². The normalized spacial score (nSPS) is 10.7. The number of hydrogen-bond donors (Lipinski definition) is 0. The average Bonchev–Trinajstić information content (AvgIpc) is 2.91. The van der Waals surface area contributed by atoms with Crippen LogP contribution in [0.2, 0.25) is 5.02 Å². The zero-order valence-electron chi connectivity index (χ0n) is 10.7. The smallest absolute Gasteiger partial charge is 0.340 e. The first-order valence-corrected chi connectivity index (χ1v) is 6.39. The molecule has 0 aliphatic heterocycles. The Balaban J connectivity index is 2.19. The van der Waals surface area contributed by atoms with Crippen molar-refractivity contribution < 1.29 is 9.53 Å². The Morgan fingerprint density at radius 1 is 1.25 bits per heavy atom. The molecule has 4 nitrogen and oxygen atoms in total. The number of imidazole rings is 1. The Morgan fingerprint density at radius 2 is 2.00 bits per heavy atom. The first-order chi connectivity index (χ1) is 9.70. The fourth-order valence-electron chi connectivity index (χ4n) is 2.12. The lowest BCUT2D eigenvalue weighted by atomic mass is 10.2. The maximum atomic E-state index is 11.7. The molecular formula is C15H11ClN2O2. The largest absolute Gasteiger partial charge is 0.465 e. The number of esters is 1. The maximum Gasteiger partial charge on any atom is 0.340 e. The molecule has 3 rings (SSSR count). The van der Waals surface area contributed by atoms with Gasteiger partial charge >= 0.3 is 5.97 Å². The van der Waals surface area contributed by atoms with Crippen molar-refractivity contribution in [2.75, 3.05) is 7.11 Å². The Morgan fingerprint density at radius 3 is 2.70 bits per heavy atom. The number of pyridine rings is 1. The van der Waals surface area contributed by atoms with Gasteiger partial charge in [0, 0.05) is 16.8 Å². The molecule has 0 radical (unpaired) electrons. The molecule has 0 saturated heterocycles. The van der Waals surface area contributed by atoms with Gasteiger partial charge in [0.05, 0.1) is 24.4 Å². The third-order valence-electron chi connectivity index (χ3n) is 3.08. The SMILES string of the molecule is COC(=O)c1cccn2c(-c3ccc(Cl)cc3)ncc12. The Bertz CT molecular complexity index is 778.